The summed E-state index contributed by atoms with van der Waals surface area (Å²) in [5.74, 6) is -0.200. The Kier molecular flexibility index (Phi) is 7.14. The number of nitrogens with one attached hydrogen (secondary N) is 1. The molecule has 0 aliphatic carbocycles. The first-order chi connectivity index (χ1) is 18.7. The van der Waals surface area contributed by atoms with E-state index < -0.39 is 11.5 Å². The van der Waals surface area contributed by atoms with Gasteiger partial charge in [0.1, 0.15) is 11.1 Å². The Morgan fingerprint density at radius 1 is 1.13 bits per heavy atom. The molecule has 39 heavy (non-hydrogen) atoms. The molecule has 0 bridgehead atoms. The molecule has 2 N–H and O–H groups in total. The summed E-state index contributed by atoms with van der Waals surface area (Å²) in [5.41, 5.74) is 5.23. The number of pyridine rings is 1. The second-order valence-corrected chi connectivity index (χ2v) is 9.79. The normalized spacial score (nSPS) is 11.1. The molecule has 0 radical (unpaired) electrons. The third-order valence-corrected chi connectivity index (χ3v) is 7.16. The van der Waals surface area contributed by atoms with Crippen molar-refractivity contribution in [3.8, 4) is 22.6 Å². The summed E-state index contributed by atoms with van der Waals surface area (Å²) in [6.07, 6.45) is 3.17. The molecule has 0 spiro atoms. The number of oxazole rings is 1. The van der Waals surface area contributed by atoms with E-state index in [9.17, 15) is 14.7 Å². The van der Waals surface area contributed by atoms with Crippen LogP contribution in [0, 0.1) is 6.92 Å². The maximum atomic E-state index is 13.1. The van der Waals surface area contributed by atoms with Crippen LogP contribution in [-0.4, -0.2) is 20.6 Å². The summed E-state index contributed by atoms with van der Waals surface area (Å²) in [6.45, 7) is 5.47. The van der Waals surface area contributed by atoms with Gasteiger partial charge in [-0.1, -0.05) is 60.1 Å². The first kappa shape index (κ1) is 26.4. The van der Waals surface area contributed by atoms with Crippen LogP contribution in [0.15, 0.2) is 76.6 Å². The van der Waals surface area contributed by atoms with E-state index in [1.807, 2.05) is 31.2 Å². The van der Waals surface area contributed by atoms with Crippen molar-refractivity contribution in [1.82, 2.24) is 9.55 Å². The highest BCUT2D eigenvalue weighted by molar-refractivity contribution is 6.36. The first-order valence-electron chi connectivity index (χ1n) is 11.9. The fraction of sp³-hybridized carbons (Fsp3) is 0.100. The van der Waals surface area contributed by atoms with Crippen LogP contribution in [0.4, 0.5) is 5.69 Å². The predicted molar refractivity (Wildman–Crippen MR) is 155 cm³/mol. The van der Waals surface area contributed by atoms with Gasteiger partial charge < -0.3 is 19.4 Å². The van der Waals surface area contributed by atoms with Crippen LogP contribution in [0.1, 0.15) is 27.0 Å². The van der Waals surface area contributed by atoms with Gasteiger partial charge in [-0.05, 0) is 59.5 Å². The number of hydrogen-bond donors (Lipinski definition) is 2. The zero-order valence-corrected chi connectivity index (χ0v) is 22.6. The SMILES string of the molecule is C=Cc1cc(C(=O)Nc2cccc(-c3cccc(-c4nc5cc(CO)cc(Cl)c5o4)c3C)c2Cl)c(=O)n(C)c1. The maximum Gasteiger partial charge on any atom is 0.263 e. The lowest BCUT2D eigenvalue weighted by Gasteiger charge is -2.14. The standard InChI is InChI=1S/C30H23Cl2N3O4/c1-4-17-11-22(30(38)35(3)14-17)28(37)33-24-10-6-9-21(26(24)32)19-7-5-8-20(16(19)2)29-34-25-13-18(15-36)12-23(31)27(25)39-29/h4-14,36H,1,15H2,2-3H3,(H,33,37). The topological polar surface area (TPSA) is 97.4 Å². The number of fused-ring (bicyclic) bond motifs is 1. The molecule has 7 nitrogen and oxygen atoms in total. The van der Waals surface area contributed by atoms with Gasteiger partial charge >= 0.3 is 0 Å². The first-order valence-corrected chi connectivity index (χ1v) is 12.7. The van der Waals surface area contributed by atoms with E-state index in [1.54, 1.807) is 43.6 Å². The number of rotatable bonds is 6. The molecule has 2 heterocycles. The maximum absolute atomic E-state index is 13.1. The molecule has 1 amide bonds. The van der Waals surface area contributed by atoms with Crippen molar-refractivity contribution in [2.45, 2.75) is 13.5 Å². The van der Waals surface area contributed by atoms with Crippen LogP contribution in [0.2, 0.25) is 10.0 Å². The summed E-state index contributed by atoms with van der Waals surface area (Å²) in [6, 6.07) is 15.8. The molecule has 0 saturated heterocycles. The lowest BCUT2D eigenvalue weighted by molar-refractivity contribution is 0.102. The Bertz CT molecular complexity index is 1840. The summed E-state index contributed by atoms with van der Waals surface area (Å²) in [4.78, 5) is 30.2. The average molecular weight is 560 g/mol. The van der Waals surface area contributed by atoms with E-state index in [0.29, 0.717) is 49.4 Å². The minimum absolute atomic E-state index is 0.0199. The Morgan fingerprint density at radius 3 is 2.59 bits per heavy atom. The number of halogens is 2. The number of anilines is 1. The van der Waals surface area contributed by atoms with Crippen LogP contribution < -0.4 is 10.9 Å². The van der Waals surface area contributed by atoms with Crippen LogP contribution in [0.25, 0.3) is 39.8 Å². The molecule has 0 aliphatic heterocycles. The number of hydrogen-bond acceptors (Lipinski definition) is 5. The van der Waals surface area contributed by atoms with E-state index in [2.05, 4.69) is 16.9 Å². The molecule has 9 heteroatoms. The number of benzene rings is 3. The Morgan fingerprint density at radius 2 is 1.85 bits per heavy atom. The van der Waals surface area contributed by atoms with Crippen LogP contribution in [0.3, 0.4) is 0 Å². The molecule has 0 atom stereocenters. The fourth-order valence-corrected chi connectivity index (χ4v) is 5.00. The number of aliphatic hydroxyl groups excluding tert-OH is 1. The van der Waals surface area contributed by atoms with Crippen molar-refractivity contribution in [1.29, 1.82) is 0 Å². The lowest BCUT2D eigenvalue weighted by atomic mass is 9.96. The van der Waals surface area contributed by atoms with Gasteiger partial charge in [0.05, 0.1) is 22.3 Å². The number of aliphatic hydroxyl groups is 1. The molecular formula is C30H23Cl2N3O4. The van der Waals surface area contributed by atoms with Gasteiger partial charge in [0.25, 0.3) is 11.5 Å². The van der Waals surface area contributed by atoms with Crippen LogP contribution >= 0.6 is 23.2 Å². The van der Waals surface area contributed by atoms with Crippen LogP contribution in [0.5, 0.6) is 0 Å². The van der Waals surface area contributed by atoms with Crippen molar-refractivity contribution in [3.63, 3.8) is 0 Å². The number of amides is 1. The van der Waals surface area contributed by atoms with Gasteiger partial charge in [0.15, 0.2) is 5.58 Å². The Balaban J connectivity index is 1.53. The zero-order chi connectivity index (χ0) is 27.8. The predicted octanol–water partition coefficient (Wildman–Crippen LogP) is 6.86. The third kappa shape index (κ3) is 4.88. The largest absolute Gasteiger partial charge is 0.434 e. The summed E-state index contributed by atoms with van der Waals surface area (Å²) in [7, 11) is 1.58. The van der Waals surface area contributed by atoms with E-state index in [0.717, 1.165) is 16.7 Å². The highest BCUT2D eigenvalue weighted by Gasteiger charge is 2.19. The average Bonchev–Trinajstić information content (AvgIpc) is 3.36. The van der Waals surface area contributed by atoms with Crippen LogP contribution in [-0.2, 0) is 13.7 Å². The summed E-state index contributed by atoms with van der Waals surface area (Å²) in [5, 5.41) is 12.9. The lowest BCUT2D eigenvalue weighted by Crippen LogP contribution is -2.27. The second kappa shape index (κ2) is 10.5. The number of carbonyl (C=O) groups excluding carboxylic acids is 1. The third-order valence-electron chi connectivity index (χ3n) is 6.47. The van der Waals surface area contributed by atoms with Crippen molar-refractivity contribution in [2.75, 3.05) is 5.32 Å². The van der Waals surface area contributed by atoms with Gasteiger partial charge in [-0.25, -0.2) is 4.98 Å². The molecule has 2 aromatic heterocycles. The molecule has 196 valence electrons. The van der Waals surface area contributed by atoms with Gasteiger partial charge in [-0.3, -0.25) is 9.59 Å². The molecule has 3 aromatic carbocycles. The quantitative estimate of drug-likeness (QED) is 0.236. The summed E-state index contributed by atoms with van der Waals surface area (Å²) >= 11 is 13.1. The van der Waals surface area contributed by atoms with Gasteiger partial charge in [-0.2, -0.15) is 0 Å². The van der Waals surface area contributed by atoms with E-state index in [-0.39, 0.29) is 12.2 Å². The molecule has 5 aromatic rings. The molecule has 0 fully saturated rings. The number of carbonyl (C=O) groups is 1. The minimum Gasteiger partial charge on any atom is -0.434 e. The van der Waals surface area contributed by atoms with Gasteiger partial charge in [0.2, 0.25) is 5.89 Å². The summed E-state index contributed by atoms with van der Waals surface area (Å²) < 4.78 is 7.33. The molecule has 5 rings (SSSR count). The van der Waals surface area contributed by atoms with Crippen molar-refractivity contribution in [2.24, 2.45) is 7.05 Å². The Labute approximate surface area is 234 Å². The number of aromatic nitrogens is 2. The monoisotopic (exact) mass is 559 g/mol. The Hall–Kier alpha value is -4.17. The van der Waals surface area contributed by atoms with Crippen molar-refractivity contribution < 1.29 is 14.3 Å². The van der Waals surface area contributed by atoms with E-state index in [4.69, 9.17) is 27.6 Å². The molecule has 0 unspecified atom stereocenters. The fourth-order valence-electron chi connectivity index (χ4n) is 4.45. The minimum atomic E-state index is -0.575. The number of aryl methyl sites for hydroxylation is 1. The second-order valence-electron chi connectivity index (χ2n) is 9.01. The highest BCUT2D eigenvalue weighted by atomic mass is 35.5. The molecule has 0 saturated carbocycles. The number of nitrogens with zero attached hydrogens (tertiary/aromatic N) is 2. The highest BCUT2D eigenvalue weighted by Crippen LogP contribution is 2.39. The van der Waals surface area contributed by atoms with E-state index >= 15 is 0 Å². The molecular weight excluding hydrogens is 537 g/mol. The van der Waals surface area contributed by atoms with Gasteiger partial charge in [-0.15, -0.1) is 0 Å². The van der Waals surface area contributed by atoms with Gasteiger partial charge in [0, 0.05) is 24.4 Å². The smallest absolute Gasteiger partial charge is 0.263 e. The van der Waals surface area contributed by atoms with Crippen molar-refractivity contribution >= 4 is 52.0 Å². The van der Waals surface area contributed by atoms with E-state index in [1.165, 1.54) is 10.6 Å². The zero-order valence-electron chi connectivity index (χ0n) is 21.1. The molecule has 0 aliphatic rings. The van der Waals surface area contributed by atoms with Crippen molar-refractivity contribution in [3.05, 3.63) is 110 Å².